The van der Waals surface area contributed by atoms with E-state index >= 15 is 0 Å². The largest absolute Gasteiger partial charge is 0.371 e. The van der Waals surface area contributed by atoms with Gasteiger partial charge in [-0.3, -0.25) is 9.59 Å². The number of pyridine rings is 1. The van der Waals surface area contributed by atoms with Crippen LogP contribution in [0.4, 0.5) is 4.39 Å². The molecule has 3 N–H and O–H groups in total. The van der Waals surface area contributed by atoms with E-state index in [9.17, 15) is 14.0 Å². The van der Waals surface area contributed by atoms with E-state index in [1.165, 1.54) is 18.2 Å². The van der Waals surface area contributed by atoms with Gasteiger partial charge in [-0.05, 0) is 23.8 Å². The Morgan fingerprint density at radius 2 is 2.15 bits per heavy atom. The molecule has 1 amide bonds. The summed E-state index contributed by atoms with van der Waals surface area (Å²) in [5.41, 5.74) is 6.24. The Morgan fingerprint density at radius 3 is 2.81 bits per heavy atom. The van der Waals surface area contributed by atoms with Gasteiger partial charge >= 0.3 is 0 Å². The molecule has 1 fully saturated rings. The molecule has 6 nitrogen and oxygen atoms in total. The molecular formula is C18H17ClFN3O3. The fourth-order valence-electron chi connectivity index (χ4n) is 2.78. The molecule has 0 saturated carbocycles. The second-order valence-electron chi connectivity index (χ2n) is 5.95. The summed E-state index contributed by atoms with van der Waals surface area (Å²) in [6.07, 6.45) is -0.384. The van der Waals surface area contributed by atoms with Crippen molar-refractivity contribution in [1.82, 2.24) is 10.3 Å². The number of rotatable bonds is 5. The topological polar surface area (TPSA) is 94.3 Å². The summed E-state index contributed by atoms with van der Waals surface area (Å²) in [5, 5.41) is 3.14. The molecule has 1 atom stereocenters. The SMILES string of the molecule is NC(=O)c1cc(C(=O)Cc2ccc([C@H]3CNCCO3)c(F)c2)cc(Cl)n1. The molecule has 0 spiro atoms. The highest BCUT2D eigenvalue weighted by Crippen LogP contribution is 2.23. The number of nitrogens with one attached hydrogen (secondary N) is 1. The normalized spacial score (nSPS) is 17.1. The molecule has 136 valence electrons. The predicted molar refractivity (Wildman–Crippen MR) is 93.8 cm³/mol. The first kappa shape index (κ1) is 18.4. The van der Waals surface area contributed by atoms with E-state index in [0.29, 0.717) is 24.3 Å². The maximum absolute atomic E-state index is 14.4. The van der Waals surface area contributed by atoms with Gasteiger partial charge in [0.05, 0.1) is 12.7 Å². The van der Waals surface area contributed by atoms with Crippen molar-refractivity contribution in [3.63, 3.8) is 0 Å². The van der Waals surface area contributed by atoms with Gasteiger partial charge in [0, 0.05) is 30.6 Å². The van der Waals surface area contributed by atoms with Crippen LogP contribution in [0.2, 0.25) is 5.15 Å². The average Bonchev–Trinajstić information content (AvgIpc) is 2.62. The lowest BCUT2D eigenvalue weighted by Crippen LogP contribution is -2.33. The molecule has 1 aromatic carbocycles. The lowest BCUT2D eigenvalue weighted by atomic mass is 9.99. The minimum absolute atomic E-state index is 0.00637. The molecule has 1 aliphatic rings. The van der Waals surface area contributed by atoms with Gasteiger partial charge in [0.15, 0.2) is 5.78 Å². The first-order chi connectivity index (χ1) is 12.4. The number of hydrogen-bond donors (Lipinski definition) is 2. The number of primary amides is 1. The van der Waals surface area contributed by atoms with Crippen LogP contribution < -0.4 is 11.1 Å². The van der Waals surface area contributed by atoms with Crippen LogP contribution in [0.1, 0.15) is 38.1 Å². The van der Waals surface area contributed by atoms with E-state index < -0.39 is 11.7 Å². The Labute approximate surface area is 154 Å². The number of benzene rings is 1. The van der Waals surface area contributed by atoms with E-state index in [0.717, 1.165) is 6.54 Å². The summed E-state index contributed by atoms with van der Waals surface area (Å²) in [4.78, 5) is 27.4. The van der Waals surface area contributed by atoms with Gasteiger partial charge in [-0.1, -0.05) is 23.7 Å². The minimum Gasteiger partial charge on any atom is -0.371 e. The predicted octanol–water partition coefficient (Wildman–Crippen LogP) is 2.06. The van der Waals surface area contributed by atoms with Crippen molar-refractivity contribution in [3.8, 4) is 0 Å². The van der Waals surface area contributed by atoms with Gasteiger partial charge in [-0.25, -0.2) is 9.37 Å². The van der Waals surface area contributed by atoms with Crippen LogP contribution in [0.15, 0.2) is 30.3 Å². The Balaban J connectivity index is 1.77. The van der Waals surface area contributed by atoms with Crippen LogP contribution in [0, 0.1) is 5.82 Å². The number of halogens is 2. The van der Waals surface area contributed by atoms with Crippen LogP contribution >= 0.6 is 11.6 Å². The van der Waals surface area contributed by atoms with E-state index in [1.807, 2.05) is 0 Å². The second-order valence-corrected chi connectivity index (χ2v) is 6.33. The van der Waals surface area contributed by atoms with Crippen molar-refractivity contribution in [1.29, 1.82) is 0 Å². The Bertz CT molecular complexity index is 854. The first-order valence-corrected chi connectivity index (χ1v) is 8.43. The summed E-state index contributed by atoms with van der Waals surface area (Å²) >= 11 is 5.82. The van der Waals surface area contributed by atoms with Crippen LogP contribution in [0.25, 0.3) is 0 Å². The highest BCUT2D eigenvalue weighted by molar-refractivity contribution is 6.30. The quantitative estimate of drug-likeness (QED) is 0.614. The van der Waals surface area contributed by atoms with Gasteiger partial charge in [-0.15, -0.1) is 0 Å². The molecular weight excluding hydrogens is 361 g/mol. The number of carbonyl (C=O) groups excluding carboxylic acids is 2. The van der Waals surface area contributed by atoms with Crippen molar-refractivity contribution < 1.29 is 18.7 Å². The number of Topliss-reactive ketones (excluding diaryl/α,β-unsaturated/α-hetero) is 1. The van der Waals surface area contributed by atoms with Gasteiger partial charge < -0.3 is 15.8 Å². The molecule has 0 radical (unpaired) electrons. The van der Waals surface area contributed by atoms with Crippen LogP contribution in [0.5, 0.6) is 0 Å². The fraction of sp³-hybridized carbons (Fsp3) is 0.278. The van der Waals surface area contributed by atoms with Crippen LogP contribution in [-0.2, 0) is 11.2 Å². The number of nitrogens with zero attached hydrogens (tertiary/aromatic N) is 1. The summed E-state index contributed by atoms with van der Waals surface area (Å²) in [6, 6.07) is 7.27. The van der Waals surface area contributed by atoms with Crippen molar-refractivity contribution in [2.45, 2.75) is 12.5 Å². The fourth-order valence-corrected chi connectivity index (χ4v) is 2.99. The monoisotopic (exact) mass is 377 g/mol. The zero-order valence-corrected chi connectivity index (χ0v) is 14.6. The van der Waals surface area contributed by atoms with E-state index in [1.54, 1.807) is 12.1 Å². The summed E-state index contributed by atoms with van der Waals surface area (Å²) < 4.78 is 20.0. The van der Waals surface area contributed by atoms with Gasteiger partial charge in [0.1, 0.15) is 16.7 Å². The smallest absolute Gasteiger partial charge is 0.267 e. The Morgan fingerprint density at radius 1 is 1.35 bits per heavy atom. The molecule has 8 heteroatoms. The third kappa shape index (κ3) is 4.24. The molecule has 1 saturated heterocycles. The molecule has 0 bridgehead atoms. The average molecular weight is 378 g/mol. The molecule has 3 rings (SSSR count). The third-order valence-electron chi connectivity index (χ3n) is 4.07. The lowest BCUT2D eigenvalue weighted by molar-refractivity contribution is 0.0255. The molecule has 0 aliphatic carbocycles. The number of ketones is 1. The second kappa shape index (κ2) is 7.90. The highest BCUT2D eigenvalue weighted by Gasteiger charge is 2.20. The van der Waals surface area contributed by atoms with Gasteiger partial charge in [0.25, 0.3) is 5.91 Å². The Kier molecular flexibility index (Phi) is 5.61. The van der Waals surface area contributed by atoms with Crippen molar-refractivity contribution in [2.24, 2.45) is 5.73 Å². The molecule has 2 heterocycles. The number of amides is 1. The van der Waals surface area contributed by atoms with E-state index in [2.05, 4.69) is 10.3 Å². The molecule has 1 aromatic heterocycles. The minimum atomic E-state index is -0.780. The number of hydrogen-bond acceptors (Lipinski definition) is 5. The third-order valence-corrected chi connectivity index (χ3v) is 4.27. The van der Waals surface area contributed by atoms with E-state index in [-0.39, 0.29) is 34.7 Å². The summed E-state index contributed by atoms with van der Waals surface area (Å²) in [5.74, 6) is -1.52. The molecule has 2 aromatic rings. The zero-order chi connectivity index (χ0) is 18.7. The number of nitrogens with two attached hydrogens (primary N) is 1. The molecule has 0 unspecified atom stereocenters. The lowest BCUT2D eigenvalue weighted by Gasteiger charge is -2.24. The standard InChI is InChI=1S/C18H17ClFN3O3/c19-17-8-11(7-14(23-17)18(21)25)15(24)6-10-1-2-12(13(20)5-10)16-9-22-3-4-26-16/h1-2,5,7-8,16,22H,3-4,6,9H2,(H2,21,25)/t16-/m1/s1. The van der Waals surface area contributed by atoms with Gasteiger partial charge in [-0.2, -0.15) is 0 Å². The van der Waals surface area contributed by atoms with Crippen LogP contribution in [-0.4, -0.2) is 36.4 Å². The molecule has 1 aliphatic heterocycles. The van der Waals surface area contributed by atoms with Gasteiger partial charge in [0.2, 0.25) is 0 Å². The van der Waals surface area contributed by atoms with Crippen molar-refractivity contribution in [3.05, 3.63) is 63.7 Å². The van der Waals surface area contributed by atoms with Crippen LogP contribution in [0.3, 0.4) is 0 Å². The summed E-state index contributed by atoms with van der Waals surface area (Å²) in [6.45, 7) is 1.81. The maximum atomic E-state index is 14.4. The zero-order valence-electron chi connectivity index (χ0n) is 13.8. The highest BCUT2D eigenvalue weighted by atomic mass is 35.5. The number of aromatic nitrogens is 1. The molecule has 26 heavy (non-hydrogen) atoms. The van der Waals surface area contributed by atoms with E-state index in [4.69, 9.17) is 22.1 Å². The number of morpholine rings is 1. The Hall–Kier alpha value is -2.35. The summed E-state index contributed by atoms with van der Waals surface area (Å²) in [7, 11) is 0. The number of carbonyl (C=O) groups is 2. The van der Waals surface area contributed by atoms with Crippen molar-refractivity contribution >= 4 is 23.3 Å². The maximum Gasteiger partial charge on any atom is 0.267 e. The number of ether oxygens (including phenoxy) is 1. The van der Waals surface area contributed by atoms with Crippen molar-refractivity contribution in [2.75, 3.05) is 19.7 Å². The first-order valence-electron chi connectivity index (χ1n) is 8.05.